The molecule has 3 nitrogen and oxygen atoms in total. The molecule has 4 heteroatoms. The summed E-state index contributed by atoms with van der Waals surface area (Å²) in [6.07, 6.45) is 1.30. The van der Waals surface area contributed by atoms with Crippen molar-refractivity contribution in [2.24, 2.45) is 0 Å². The summed E-state index contributed by atoms with van der Waals surface area (Å²) in [5, 5.41) is 12.2. The molecular weight excluding hydrogens is 152 g/mol. The Hall–Kier alpha value is -0.960. The fourth-order valence-corrected chi connectivity index (χ4v) is 0.781. The van der Waals surface area contributed by atoms with Gasteiger partial charge in [-0.3, -0.25) is 0 Å². The summed E-state index contributed by atoms with van der Waals surface area (Å²) in [6, 6.07) is 1.55. The standard InChI is InChI=1S/C6H7ClN2O/c1-8-4-2-6(7)9-3-5(4)10/h2-3,10H,1H3,(H,8,9). The number of anilines is 1. The molecule has 0 aliphatic rings. The van der Waals surface area contributed by atoms with Crippen LogP contribution in [0.5, 0.6) is 5.75 Å². The molecule has 1 heterocycles. The Kier molecular flexibility index (Phi) is 1.97. The average molecular weight is 159 g/mol. The van der Waals surface area contributed by atoms with Gasteiger partial charge in [-0.1, -0.05) is 11.6 Å². The largest absolute Gasteiger partial charge is 0.504 e. The van der Waals surface area contributed by atoms with E-state index in [4.69, 9.17) is 16.7 Å². The zero-order valence-corrected chi connectivity index (χ0v) is 6.18. The first-order valence-electron chi connectivity index (χ1n) is 2.76. The van der Waals surface area contributed by atoms with Gasteiger partial charge in [0, 0.05) is 13.1 Å². The van der Waals surface area contributed by atoms with E-state index in [1.54, 1.807) is 13.1 Å². The maximum atomic E-state index is 9.05. The summed E-state index contributed by atoms with van der Waals surface area (Å²) in [7, 11) is 1.70. The SMILES string of the molecule is CNc1cc(Cl)ncc1O. The van der Waals surface area contributed by atoms with Crippen LogP contribution in [0.4, 0.5) is 5.69 Å². The minimum absolute atomic E-state index is 0.104. The van der Waals surface area contributed by atoms with E-state index in [2.05, 4.69) is 10.3 Å². The molecule has 0 unspecified atom stereocenters. The van der Waals surface area contributed by atoms with Crippen LogP contribution in [0.1, 0.15) is 0 Å². The maximum absolute atomic E-state index is 9.05. The van der Waals surface area contributed by atoms with Crippen LogP contribution >= 0.6 is 11.6 Å². The van der Waals surface area contributed by atoms with Crippen LogP contribution in [0, 0.1) is 0 Å². The number of halogens is 1. The zero-order chi connectivity index (χ0) is 7.56. The van der Waals surface area contributed by atoms with Crippen LogP contribution in [0.15, 0.2) is 12.3 Å². The number of nitrogens with zero attached hydrogens (tertiary/aromatic N) is 1. The van der Waals surface area contributed by atoms with Crippen molar-refractivity contribution in [2.45, 2.75) is 0 Å². The predicted molar refractivity (Wildman–Crippen MR) is 40.5 cm³/mol. The van der Waals surface area contributed by atoms with Gasteiger partial charge in [-0.05, 0) is 0 Å². The van der Waals surface area contributed by atoms with Crippen LogP contribution < -0.4 is 5.32 Å². The maximum Gasteiger partial charge on any atom is 0.157 e. The van der Waals surface area contributed by atoms with E-state index in [1.165, 1.54) is 6.20 Å². The monoisotopic (exact) mass is 158 g/mol. The van der Waals surface area contributed by atoms with Crippen molar-refractivity contribution >= 4 is 17.3 Å². The molecule has 0 aliphatic heterocycles. The van der Waals surface area contributed by atoms with Crippen molar-refractivity contribution in [3.8, 4) is 5.75 Å². The van der Waals surface area contributed by atoms with Gasteiger partial charge in [0.1, 0.15) is 5.15 Å². The van der Waals surface area contributed by atoms with Crippen LogP contribution in [0.2, 0.25) is 5.15 Å². The summed E-state index contributed by atoms with van der Waals surface area (Å²) in [4.78, 5) is 3.66. The summed E-state index contributed by atoms with van der Waals surface area (Å²) < 4.78 is 0. The average Bonchev–Trinajstić information content (AvgIpc) is 1.94. The fraction of sp³-hybridized carbons (Fsp3) is 0.167. The molecule has 0 aliphatic carbocycles. The van der Waals surface area contributed by atoms with Crippen LogP contribution in [-0.4, -0.2) is 17.1 Å². The minimum Gasteiger partial charge on any atom is -0.504 e. The Morgan fingerprint density at radius 2 is 2.40 bits per heavy atom. The summed E-state index contributed by atoms with van der Waals surface area (Å²) in [5.41, 5.74) is 0.583. The van der Waals surface area contributed by atoms with E-state index < -0.39 is 0 Å². The van der Waals surface area contributed by atoms with E-state index >= 15 is 0 Å². The van der Waals surface area contributed by atoms with Gasteiger partial charge < -0.3 is 10.4 Å². The van der Waals surface area contributed by atoms with Gasteiger partial charge in [-0.15, -0.1) is 0 Å². The van der Waals surface area contributed by atoms with Crippen molar-refractivity contribution in [3.05, 3.63) is 17.4 Å². The van der Waals surface area contributed by atoms with Crippen molar-refractivity contribution in [3.63, 3.8) is 0 Å². The summed E-state index contributed by atoms with van der Waals surface area (Å²) in [6.45, 7) is 0. The number of hydrogen-bond acceptors (Lipinski definition) is 3. The molecule has 0 amide bonds. The Balaban J connectivity index is 3.09. The van der Waals surface area contributed by atoms with Gasteiger partial charge in [0.2, 0.25) is 0 Å². The molecule has 0 atom stereocenters. The Labute approximate surface area is 63.7 Å². The highest BCUT2D eigenvalue weighted by atomic mass is 35.5. The number of pyridine rings is 1. The Bertz CT molecular complexity index is 239. The number of aromatic hydroxyl groups is 1. The first kappa shape index (κ1) is 7.15. The zero-order valence-electron chi connectivity index (χ0n) is 5.43. The lowest BCUT2D eigenvalue weighted by molar-refractivity contribution is 0.475. The number of hydrogen-bond donors (Lipinski definition) is 2. The van der Waals surface area contributed by atoms with Gasteiger partial charge in [0.25, 0.3) is 0 Å². The third-order valence-electron chi connectivity index (χ3n) is 1.12. The lowest BCUT2D eigenvalue weighted by Gasteiger charge is -2.01. The Morgan fingerprint density at radius 3 is 2.90 bits per heavy atom. The van der Waals surface area contributed by atoms with Gasteiger partial charge in [0.05, 0.1) is 11.9 Å². The van der Waals surface area contributed by atoms with Crippen LogP contribution in [0.3, 0.4) is 0 Å². The van der Waals surface area contributed by atoms with Crippen molar-refractivity contribution < 1.29 is 5.11 Å². The quantitative estimate of drug-likeness (QED) is 0.609. The molecule has 0 saturated heterocycles. The highest BCUT2D eigenvalue weighted by Gasteiger charge is 1.98. The van der Waals surface area contributed by atoms with Gasteiger partial charge in [0.15, 0.2) is 5.75 Å². The summed E-state index contributed by atoms with van der Waals surface area (Å²) >= 11 is 5.53. The van der Waals surface area contributed by atoms with Gasteiger partial charge >= 0.3 is 0 Å². The van der Waals surface area contributed by atoms with Crippen LogP contribution in [0.25, 0.3) is 0 Å². The molecule has 54 valence electrons. The number of nitrogens with one attached hydrogen (secondary N) is 1. The lowest BCUT2D eigenvalue weighted by atomic mass is 10.4. The molecule has 10 heavy (non-hydrogen) atoms. The minimum atomic E-state index is 0.104. The van der Waals surface area contributed by atoms with E-state index in [-0.39, 0.29) is 5.75 Å². The lowest BCUT2D eigenvalue weighted by Crippen LogP contribution is -1.88. The number of aromatic nitrogens is 1. The van der Waals surface area contributed by atoms with Gasteiger partial charge in [-0.25, -0.2) is 4.98 Å². The molecule has 0 bridgehead atoms. The second kappa shape index (κ2) is 2.75. The van der Waals surface area contributed by atoms with Crippen molar-refractivity contribution in [2.75, 3.05) is 12.4 Å². The molecule has 2 N–H and O–H groups in total. The van der Waals surface area contributed by atoms with Crippen molar-refractivity contribution in [1.82, 2.24) is 4.98 Å². The second-order valence-electron chi connectivity index (χ2n) is 1.77. The first-order valence-corrected chi connectivity index (χ1v) is 3.14. The van der Waals surface area contributed by atoms with E-state index in [0.717, 1.165) is 0 Å². The topological polar surface area (TPSA) is 45.2 Å². The molecule has 0 fully saturated rings. The Morgan fingerprint density at radius 1 is 1.70 bits per heavy atom. The molecule has 0 aromatic carbocycles. The van der Waals surface area contributed by atoms with Gasteiger partial charge in [-0.2, -0.15) is 0 Å². The molecule has 1 aromatic heterocycles. The summed E-state index contributed by atoms with van der Waals surface area (Å²) in [5.74, 6) is 0.104. The smallest absolute Gasteiger partial charge is 0.157 e. The molecular formula is C6H7ClN2O. The van der Waals surface area contributed by atoms with Crippen molar-refractivity contribution in [1.29, 1.82) is 0 Å². The molecule has 0 saturated carbocycles. The first-order chi connectivity index (χ1) is 4.74. The van der Waals surface area contributed by atoms with E-state index in [1.807, 2.05) is 0 Å². The number of rotatable bonds is 1. The predicted octanol–water partition coefficient (Wildman–Crippen LogP) is 1.48. The fourth-order valence-electron chi connectivity index (χ4n) is 0.623. The third-order valence-corrected chi connectivity index (χ3v) is 1.33. The highest BCUT2D eigenvalue weighted by Crippen LogP contribution is 2.23. The highest BCUT2D eigenvalue weighted by molar-refractivity contribution is 6.29. The molecule has 1 rings (SSSR count). The van der Waals surface area contributed by atoms with E-state index in [0.29, 0.717) is 10.8 Å². The molecule has 0 radical (unpaired) electrons. The third kappa shape index (κ3) is 1.30. The van der Waals surface area contributed by atoms with Crippen LogP contribution in [-0.2, 0) is 0 Å². The van der Waals surface area contributed by atoms with E-state index in [9.17, 15) is 0 Å². The second-order valence-corrected chi connectivity index (χ2v) is 2.16. The molecule has 1 aromatic rings. The normalized spacial score (nSPS) is 9.40. The molecule has 0 spiro atoms.